The van der Waals surface area contributed by atoms with Gasteiger partial charge in [0, 0.05) is 30.1 Å². The van der Waals surface area contributed by atoms with Crippen molar-refractivity contribution < 1.29 is 14.0 Å². The van der Waals surface area contributed by atoms with Crippen molar-refractivity contribution in [3.8, 4) is 22.9 Å². The average Bonchev–Trinajstić information content (AvgIpc) is 3.41. The van der Waals surface area contributed by atoms with Crippen LogP contribution in [0.1, 0.15) is 18.4 Å². The van der Waals surface area contributed by atoms with Crippen LogP contribution in [-0.2, 0) is 13.0 Å². The Morgan fingerprint density at radius 2 is 1.93 bits per heavy atom. The first-order valence-corrected chi connectivity index (χ1v) is 10.1. The van der Waals surface area contributed by atoms with Crippen LogP contribution in [0.4, 0.5) is 0 Å². The molecule has 0 saturated heterocycles. The molecule has 156 valence electrons. The van der Waals surface area contributed by atoms with Crippen molar-refractivity contribution in [2.45, 2.75) is 19.9 Å². The number of benzene rings is 2. The Bertz CT molecular complexity index is 1020. The molecule has 1 aromatic heterocycles. The highest BCUT2D eigenvalue weighted by Crippen LogP contribution is 2.32. The average molecular weight is 428 g/mol. The predicted octanol–water partition coefficient (Wildman–Crippen LogP) is 3.42. The van der Waals surface area contributed by atoms with E-state index in [4.69, 9.17) is 25.6 Å². The molecule has 4 rings (SSSR count). The number of aliphatic imine (C=N–C) groups is 1. The summed E-state index contributed by atoms with van der Waals surface area (Å²) in [5.74, 6) is 3.34. The standard InChI is InChI=1S/C21H22ClN5O3/c1-2-23-21(25-12-14-3-8-17-18(11-14)29-13-28-17)24-10-9-19-26-20(27-30-19)15-4-6-16(22)7-5-15/h3-8,11H,2,9-10,12-13H2,1H3,(H2,23,24,25). The fraction of sp³-hybridized carbons (Fsp3) is 0.286. The van der Waals surface area contributed by atoms with Crippen LogP contribution in [0.3, 0.4) is 0 Å². The molecule has 0 fully saturated rings. The molecule has 1 aliphatic heterocycles. The second-order valence-corrected chi connectivity index (χ2v) is 7.01. The molecule has 0 unspecified atom stereocenters. The minimum Gasteiger partial charge on any atom is -0.454 e. The van der Waals surface area contributed by atoms with Gasteiger partial charge in [-0.05, 0) is 48.9 Å². The van der Waals surface area contributed by atoms with Crippen molar-refractivity contribution in [2.75, 3.05) is 19.9 Å². The molecule has 0 radical (unpaired) electrons. The Hall–Kier alpha value is -3.26. The van der Waals surface area contributed by atoms with E-state index in [-0.39, 0.29) is 6.79 Å². The summed E-state index contributed by atoms with van der Waals surface area (Å²) < 4.78 is 16.1. The highest BCUT2D eigenvalue weighted by molar-refractivity contribution is 6.30. The topological polar surface area (TPSA) is 93.8 Å². The maximum Gasteiger partial charge on any atom is 0.231 e. The number of hydrogen-bond acceptors (Lipinski definition) is 6. The number of aromatic nitrogens is 2. The van der Waals surface area contributed by atoms with Gasteiger partial charge in [0.25, 0.3) is 0 Å². The Balaban J connectivity index is 1.32. The van der Waals surface area contributed by atoms with Gasteiger partial charge in [0.2, 0.25) is 18.5 Å². The lowest BCUT2D eigenvalue weighted by atomic mass is 10.2. The molecular weight excluding hydrogens is 406 g/mol. The van der Waals surface area contributed by atoms with Gasteiger partial charge >= 0.3 is 0 Å². The number of hydrogen-bond donors (Lipinski definition) is 2. The molecule has 0 atom stereocenters. The van der Waals surface area contributed by atoms with E-state index in [0.717, 1.165) is 29.2 Å². The number of nitrogens with zero attached hydrogens (tertiary/aromatic N) is 3. The minimum atomic E-state index is 0.266. The summed E-state index contributed by atoms with van der Waals surface area (Å²) in [5, 5.41) is 11.2. The molecule has 30 heavy (non-hydrogen) atoms. The van der Waals surface area contributed by atoms with Gasteiger partial charge in [-0.25, -0.2) is 4.99 Å². The maximum atomic E-state index is 5.92. The van der Waals surface area contributed by atoms with Gasteiger partial charge in [-0.2, -0.15) is 4.98 Å². The smallest absolute Gasteiger partial charge is 0.231 e. The van der Waals surface area contributed by atoms with Crippen LogP contribution in [0, 0.1) is 0 Å². The van der Waals surface area contributed by atoms with Crippen molar-refractivity contribution in [3.05, 3.63) is 58.9 Å². The quantitative estimate of drug-likeness (QED) is 0.440. The number of halogens is 1. The molecule has 2 aromatic carbocycles. The first-order chi connectivity index (χ1) is 14.7. The lowest BCUT2D eigenvalue weighted by Gasteiger charge is -2.10. The lowest BCUT2D eigenvalue weighted by Crippen LogP contribution is -2.38. The van der Waals surface area contributed by atoms with Crippen molar-refractivity contribution in [2.24, 2.45) is 4.99 Å². The molecule has 0 bridgehead atoms. The maximum absolute atomic E-state index is 5.92. The molecular formula is C21H22ClN5O3. The fourth-order valence-corrected chi connectivity index (χ4v) is 3.04. The monoisotopic (exact) mass is 427 g/mol. The van der Waals surface area contributed by atoms with E-state index in [1.54, 1.807) is 12.1 Å². The Kier molecular flexibility index (Phi) is 6.34. The third-order valence-corrected chi connectivity index (χ3v) is 4.65. The van der Waals surface area contributed by atoms with E-state index in [1.165, 1.54) is 0 Å². The summed E-state index contributed by atoms with van der Waals surface area (Å²) in [4.78, 5) is 9.05. The summed E-state index contributed by atoms with van der Waals surface area (Å²) in [6.45, 7) is 4.17. The number of guanidine groups is 1. The second-order valence-electron chi connectivity index (χ2n) is 6.58. The Labute approximate surface area is 179 Å². The Morgan fingerprint density at radius 1 is 1.10 bits per heavy atom. The highest BCUT2D eigenvalue weighted by Gasteiger charge is 2.13. The van der Waals surface area contributed by atoms with Crippen molar-refractivity contribution in [1.29, 1.82) is 0 Å². The molecule has 0 aliphatic carbocycles. The van der Waals surface area contributed by atoms with Crippen molar-refractivity contribution >= 4 is 17.6 Å². The SMILES string of the molecule is CCNC(=NCc1ccc2c(c1)OCO2)NCCc1nc(-c2ccc(Cl)cc2)no1. The summed E-state index contributed by atoms with van der Waals surface area (Å²) in [5.41, 5.74) is 1.90. The number of nitrogens with one attached hydrogen (secondary N) is 2. The molecule has 3 aromatic rings. The van der Waals surface area contributed by atoms with Crippen LogP contribution in [0.5, 0.6) is 11.5 Å². The summed E-state index contributed by atoms with van der Waals surface area (Å²) in [6, 6.07) is 13.2. The van der Waals surface area contributed by atoms with Crippen LogP contribution in [0.25, 0.3) is 11.4 Å². The first kappa shape index (κ1) is 20.0. The van der Waals surface area contributed by atoms with E-state index >= 15 is 0 Å². The molecule has 2 heterocycles. The zero-order valence-electron chi connectivity index (χ0n) is 16.5. The van der Waals surface area contributed by atoms with Gasteiger partial charge in [0.05, 0.1) is 6.54 Å². The van der Waals surface area contributed by atoms with Crippen LogP contribution >= 0.6 is 11.6 Å². The number of rotatable bonds is 7. The van der Waals surface area contributed by atoms with Crippen molar-refractivity contribution in [1.82, 2.24) is 20.8 Å². The number of ether oxygens (including phenoxy) is 2. The summed E-state index contributed by atoms with van der Waals surface area (Å²) in [6.07, 6.45) is 0.578. The molecule has 0 saturated carbocycles. The molecule has 9 heteroatoms. The second kappa shape index (κ2) is 9.49. The van der Waals surface area contributed by atoms with Crippen LogP contribution < -0.4 is 20.1 Å². The Morgan fingerprint density at radius 3 is 2.77 bits per heavy atom. The van der Waals surface area contributed by atoms with E-state index in [1.807, 2.05) is 37.3 Å². The normalized spacial score (nSPS) is 12.8. The van der Waals surface area contributed by atoms with Gasteiger partial charge in [-0.15, -0.1) is 0 Å². The fourth-order valence-electron chi connectivity index (χ4n) is 2.91. The van der Waals surface area contributed by atoms with E-state index in [9.17, 15) is 0 Å². The van der Waals surface area contributed by atoms with Crippen molar-refractivity contribution in [3.63, 3.8) is 0 Å². The minimum absolute atomic E-state index is 0.266. The van der Waals surface area contributed by atoms with Crippen LogP contribution in [0.15, 0.2) is 52.0 Å². The molecule has 0 amide bonds. The predicted molar refractivity (Wildman–Crippen MR) is 114 cm³/mol. The van der Waals surface area contributed by atoms with Gasteiger partial charge in [0.15, 0.2) is 17.5 Å². The molecule has 1 aliphatic rings. The number of fused-ring (bicyclic) bond motifs is 1. The van der Waals surface area contributed by atoms with Crippen LogP contribution in [-0.4, -0.2) is 36.0 Å². The summed E-state index contributed by atoms with van der Waals surface area (Å²) in [7, 11) is 0. The third-order valence-electron chi connectivity index (χ3n) is 4.40. The molecule has 2 N–H and O–H groups in total. The first-order valence-electron chi connectivity index (χ1n) is 9.70. The van der Waals surface area contributed by atoms with Gasteiger partial charge in [-0.1, -0.05) is 22.8 Å². The summed E-state index contributed by atoms with van der Waals surface area (Å²) >= 11 is 5.92. The van der Waals surface area contributed by atoms with Gasteiger partial charge in [-0.3, -0.25) is 0 Å². The largest absolute Gasteiger partial charge is 0.454 e. The molecule has 0 spiro atoms. The van der Waals surface area contributed by atoms with E-state index < -0.39 is 0 Å². The van der Waals surface area contributed by atoms with Gasteiger partial charge < -0.3 is 24.6 Å². The highest BCUT2D eigenvalue weighted by atomic mass is 35.5. The van der Waals surface area contributed by atoms with Crippen LogP contribution in [0.2, 0.25) is 5.02 Å². The van der Waals surface area contributed by atoms with Gasteiger partial charge in [0.1, 0.15) is 0 Å². The zero-order valence-corrected chi connectivity index (χ0v) is 17.3. The zero-order chi connectivity index (χ0) is 20.8. The lowest BCUT2D eigenvalue weighted by molar-refractivity contribution is 0.174. The molecule has 8 nitrogen and oxygen atoms in total. The van der Waals surface area contributed by atoms with E-state index in [0.29, 0.717) is 42.2 Å². The van der Waals surface area contributed by atoms with E-state index in [2.05, 4.69) is 25.8 Å². The third kappa shape index (κ3) is 5.01.